The van der Waals surface area contributed by atoms with Gasteiger partial charge in [-0.05, 0) is 85.7 Å². The second-order valence-electron chi connectivity index (χ2n) is 11.0. The summed E-state index contributed by atoms with van der Waals surface area (Å²) in [5, 5.41) is 1.50. The number of nitrogens with one attached hydrogen (secondary N) is 1. The van der Waals surface area contributed by atoms with Gasteiger partial charge >= 0.3 is 0 Å². The molecule has 1 saturated carbocycles. The number of nitrogens with two attached hydrogens (primary N) is 1. The number of H-pyrrole nitrogens is 1. The first-order chi connectivity index (χ1) is 19.9. The molecule has 2 aromatic heterocycles. The minimum absolute atomic E-state index is 0.112. The molecule has 3 heterocycles. The molecule has 7 nitrogen and oxygen atoms in total. The van der Waals surface area contributed by atoms with E-state index in [1.165, 1.54) is 30.5 Å². The van der Waals surface area contributed by atoms with Crippen molar-refractivity contribution in [3.05, 3.63) is 112 Å². The van der Waals surface area contributed by atoms with Crippen LogP contribution in [0.15, 0.2) is 89.1 Å². The van der Waals surface area contributed by atoms with Gasteiger partial charge in [-0.2, -0.15) is 0 Å². The monoisotopic (exact) mass is 541 g/mol. The Morgan fingerprint density at radius 2 is 1.83 bits per heavy atom. The number of benzene rings is 3. The molecule has 7 rings (SSSR count). The van der Waals surface area contributed by atoms with Gasteiger partial charge in [-0.15, -0.1) is 0 Å². The van der Waals surface area contributed by atoms with Gasteiger partial charge in [0.25, 0.3) is 11.5 Å². The Balaban J connectivity index is 1.34. The highest BCUT2D eigenvalue weighted by Gasteiger charge is 2.23. The van der Waals surface area contributed by atoms with Crippen molar-refractivity contribution < 1.29 is 4.79 Å². The lowest BCUT2D eigenvalue weighted by Crippen LogP contribution is -2.21. The zero-order valence-electron chi connectivity index (χ0n) is 23.2. The van der Waals surface area contributed by atoms with Crippen molar-refractivity contribution in [2.75, 3.05) is 13.1 Å². The molecule has 7 heteroatoms. The molecule has 5 aromatic rings. The number of carbonyl (C=O) groups is 1. The lowest BCUT2D eigenvalue weighted by atomic mass is 9.90. The minimum atomic E-state index is -0.471. The Morgan fingerprint density at radius 1 is 1.00 bits per heavy atom. The van der Waals surface area contributed by atoms with Crippen LogP contribution in [0.3, 0.4) is 0 Å². The average molecular weight is 542 g/mol. The Bertz CT molecular complexity index is 2000. The molecule has 0 saturated heterocycles. The zero-order valence-corrected chi connectivity index (χ0v) is 23.2. The van der Waals surface area contributed by atoms with Crippen molar-refractivity contribution in [3.63, 3.8) is 0 Å². The van der Waals surface area contributed by atoms with Crippen LogP contribution in [-0.4, -0.2) is 38.4 Å². The van der Waals surface area contributed by atoms with Gasteiger partial charge in [-0.3, -0.25) is 14.2 Å². The topological polar surface area (TPSA) is 97.0 Å². The van der Waals surface area contributed by atoms with Gasteiger partial charge in [0.15, 0.2) is 0 Å². The first-order valence-electron chi connectivity index (χ1n) is 14.1. The van der Waals surface area contributed by atoms with Crippen LogP contribution in [0.1, 0.15) is 47.8 Å². The number of aromatic nitrogens is 3. The number of hydrogen-bond acceptors (Lipinski definition) is 4. The fraction of sp³-hybridized carbons (Fsp3) is 0.206. The van der Waals surface area contributed by atoms with Crippen molar-refractivity contribution >= 4 is 33.3 Å². The van der Waals surface area contributed by atoms with Crippen LogP contribution in [-0.2, 0) is 0 Å². The highest BCUT2D eigenvalue weighted by atomic mass is 16.1. The first kappa shape index (κ1) is 25.1. The Labute approximate surface area is 237 Å². The maximum Gasteiger partial charge on any atom is 0.265 e. The quantitative estimate of drug-likeness (QED) is 0.281. The lowest BCUT2D eigenvalue weighted by molar-refractivity contribution is 0.100. The van der Waals surface area contributed by atoms with E-state index in [4.69, 9.17) is 5.73 Å². The van der Waals surface area contributed by atoms with Crippen molar-refractivity contribution in [3.8, 4) is 16.8 Å². The molecule has 1 aliphatic carbocycles. The Morgan fingerprint density at radius 3 is 2.61 bits per heavy atom. The van der Waals surface area contributed by atoms with Crippen molar-refractivity contribution in [1.29, 1.82) is 0 Å². The summed E-state index contributed by atoms with van der Waals surface area (Å²) in [6.07, 6.45) is 7.55. The standard InChI is InChI=1S/C34H31N5O2/c1-20-24(10-6-12-31(20)39-19-36-29-11-4-3-9-26(29)34(39)41)25-13-14-27(33(35)40)32-28(25)17-30(37-32)23-15-16-38(18-23)21(2)22-7-5-8-22/h3-4,6,9-15,17,19,37H,5,7-8,16,18H2,1-2H3,(H2,35,40). The lowest BCUT2D eigenvalue weighted by Gasteiger charge is -2.27. The predicted octanol–water partition coefficient (Wildman–Crippen LogP) is 6.10. The molecular weight excluding hydrogens is 510 g/mol. The van der Waals surface area contributed by atoms with E-state index in [9.17, 15) is 9.59 Å². The van der Waals surface area contributed by atoms with Gasteiger partial charge in [0.1, 0.15) is 6.33 Å². The number of para-hydroxylation sites is 1. The van der Waals surface area contributed by atoms with E-state index < -0.39 is 5.91 Å². The van der Waals surface area contributed by atoms with Gasteiger partial charge in [0, 0.05) is 29.9 Å². The van der Waals surface area contributed by atoms with Crippen LogP contribution in [0, 0.1) is 6.92 Å². The van der Waals surface area contributed by atoms with Crippen molar-refractivity contribution in [1.82, 2.24) is 19.4 Å². The second kappa shape index (κ2) is 9.63. The number of amides is 1. The number of rotatable bonds is 5. The molecule has 0 unspecified atom stereocenters. The zero-order chi connectivity index (χ0) is 28.2. The molecule has 0 atom stereocenters. The summed E-state index contributed by atoms with van der Waals surface area (Å²) >= 11 is 0. The van der Waals surface area contributed by atoms with Crippen LogP contribution < -0.4 is 11.3 Å². The number of aromatic amines is 1. The smallest absolute Gasteiger partial charge is 0.265 e. The molecule has 1 fully saturated rings. The molecule has 3 N–H and O–H groups in total. The Kier molecular flexibility index (Phi) is 5.89. The maximum absolute atomic E-state index is 13.4. The molecule has 0 radical (unpaired) electrons. The highest BCUT2D eigenvalue weighted by Crippen LogP contribution is 2.38. The summed E-state index contributed by atoms with van der Waals surface area (Å²) in [5.74, 6) is -0.471. The molecule has 1 amide bonds. The van der Waals surface area contributed by atoms with Crippen LogP contribution in [0.5, 0.6) is 0 Å². The van der Waals surface area contributed by atoms with Gasteiger partial charge in [0.2, 0.25) is 0 Å². The first-order valence-corrected chi connectivity index (χ1v) is 14.1. The summed E-state index contributed by atoms with van der Waals surface area (Å²) in [5.41, 5.74) is 16.4. The SMILES string of the molecule is CC(=C1CCC1)N1CC=C(c2cc3c(-c4cccc(-n5cnc6ccccc6c5=O)c4C)ccc(C(N)=O)c3[nH]2)C1. The number of nitrogens with zero attached hydrogens (tertiary/aromatic N) is 3. The summed E-state index contributed by atoms with van der Waals surface area (Å²) < 4.78 is 1.61. The molecule has 3 aromatic carbocycles. The van der Waals surface area contributed by atoms with Crippen molar-refractivity contribution in [2.45, 2.75) is 33.1 Å². The third-order valence-electron chi connectivity index (χ3n) is 8.79. The van der Waals surface area contributed by atoms with Gasteiger partial charge in [0.05, 0.1) is 27.7 Å². The summed E-state index contributed by atoms with van der Waals surface area (Å²) in [6, 6.07) is 19.2. The van der Waals surface area contributed by atoms with Crippen LogP contribution in [0.2, 0.25) is 0 Å². The van der Waals surface area contributed by atoms with Gasteiger partial charge in [-0.1, -0.05) is 42.0 Å². The number of hydrogen-bond donors (Lipinski definition) is 2. The van der Waals surface area contributed by atoms with E-state index in [0.717, 1.165) is 52.1 Å². The van der Waals surface area contributed by atoms with E-state index >= 15 is 0 Å². The molecule has 41 heavy (non-hydrogen) atoms. The molecule has 1 aliphatic heterocycles. The Hall–Kier alpha value is -4.91. The number of primary amides is 1. The van der Waals surface area contributed by atoms with E-state index in [1.807, 2.05) is 43.3 Å². The second-order valence-corrected chi connectivity index (χ2v) is 11.0. The predicted molar refractivity (Wildman–Crippen MR) is 164 cm³/mol. The number of carbonyl (C=O) groups excluding carboxylic acids is 1. The average Bonchev–Trinajstić information content (AvgIpc) is 3.61. The molecule has 0 spiro atoms. The van der Waals surface area contributed by atoms with E-state index in [0.29, 0.717) is 16.5 Å². The van der Waals surface area contributed by atoms with Crippen LogP contribution in [0.25, 0.3) is 44.2 Å². The number of fused-ring (bicyclic) bond motifs is 2. The van der Waals surface area contributed by atoms with Crippen LogP contribution >= 0.6 is 0 Å². The largest absolute Gasteiger partial charge is 0.367 e. The summed E-state index contributed by atoms with van der Waals surface area (Å²) in [6.45, 7) is 5.95. The van der Waals surface area contributed by atoms with Gasteiger partial charge in [-0.25, -0.2) is 4.98 Å². The third kappa shape index (κ3) is 4.08. The summed E-state index contributed by atoms with van der Waals surface area (Å²) in [4.78, 5) is 36.3. The molecule has 0 bridgehead atoms. The highest BCUT2D eigenvalue weighted by molar-refractivity contribution is 6.10. The van der Waals surface area contributed by atoms with Crippen LogP contribution in [0.4, 0.5) is 0 Å². The van der Waals surface area contributed by atoms with E-state index in [1.54, 1.807) is 28.6 Å². The fourth-order valence-electron chi connectivity index (χ4n) is 6.19. The normalized spacial score (nSPS) is 14.9. The van der Waals surface area contributed by atoms with E-state index in [2.05, 4.69) is 40.0 Å². The molecular formula is C34H31N5O2. The maximum atomic E-state index is 13.4. The third-order valence-corrected chi connectivity index (χ3v) is 8.79. The summed E-state index contributed by atoms with van der Waals surface area (Å²) in [7, 11) is 0. The van der Waals surface area contributed by atoms with E-state index in [-0.39, 0.29) is 5.56 Å². The molecule has 2 aliphatic rings. The minimum Gasteiger partial charge on any atom is -0.367 e. The number of allylic oxidation sites excluding steroid dienone is 2. The molecule has 204 valence electrons. The fourth-order valence-corrected chi connectivity index (χ4v) is 6.19. The van der Waals surface area contributed by atoms with Gasteiger partial charge < -0.3 is 15.6 Å². The van der Waals surface area contributed by atoms with Crippen molar-refractivity contribution in [2.24, 2.45) is 5.73 Å².